The zero-order chi connectivity index (χ0) is 18.5. The lowest BCUT2D eigenvalue weighted by Gasteiger charge is -1.98. The van der Waals surface area contributed by atoms with Gasteiger partial charge in [0.1, 0.15) is 17.3 Å². The Morgan fingerprint density at radius 2 is 2.27 bits per heavy atom. The molecule has 0 aliphatic carbocycles. The smallest absolute Gasteiger partial charge is 0.342 e. The van der Waals surface area contributed by atoms with Crippen LogP contribution in [0.4, 0.5) is 0 Å². The number of carboxylic acid groups (broad SMARTS) is 1. The fraction of sp³-hybridized carbons (Fsp3) is 0.222. The average molecular weight is 367 g/mol. The van der Waals surface area contributed by atoms with Crippen molar-refractivity contribution in [1.29, 1.82) is 5.26 Å². The van der Waals surface area contributed by atoms with Gasteiger partial charge in [0, 0.05) is 29.1 Å². The van der Waals surface area contributed by atoms with Gasteiger partial charge in [0.05, 0.1) is 6.07 Å². The summed E-state index contributed by atoms with van der Waals surface area (Å²) in [6.45, 7) is 2.24. The maximum atomic E-state index is 11.7. The van der Waals surface area contributed by atoms with Crippen LogP contribution in [0.3, 0.4) is 0 Å². The lowest BCUT2D eigenvalue weighted by atomic mass is 10.1. The van der Waals surface area contributed by atoms with Gasteiger partial charge in [-0.1, -0.05) is 25.1 Å². The van der Waals surface area contributed by atoms with Gasteiger partial charge in [-0.2, -0.15) is 5.26 Å². The monoisotopic (exact) mass is 367 g/mol. The van der Waals surface area contributed by atoms with Crippen molar-refractivity contribution in [3.8, 4) is 6.07 Å². The molecule has 1 aromatic carbocycles. The van der Waals surface area contributed by atoms with E-state index >= 15 is 0 Å². The molecule has 0 saturated heterocycles. The van der Waals surface area contributed by atoms with Gasteiger partial charge in [0.2, 0.25) is 5.16 Å². The van der Waals surface area contributed by atoms with E-state index in [4.69, 9.17) is 5.26 Å². The van der Waals surface area contributed by atoms with Crippen molar-refractivity contribution >= 4 is 34.7 Å². The Morgan fingerprint density at radius 3 is 3.00 bits per heavy atom. The normalized spacial score (nSPS) is 11.6. The van der Waals surface area contributed by atoms with E-state index in [2.05, 4.69) is 21.3 Å². The standard InChI is InChI=1S/C18H17N5O2S/c1-2-5-16-20-18(22-21-16)26-15(17(24)25)10-12-11-23(9-8-19)14-7-4-3-6-13(12)14/h3-4,6-7,10-11H,2,5,9H2,1H3,(H,24,25)(H,20,21,22)/b15-10+. The number of hydrogen-bond donors (Lipinski definition) is 2. The molecule has 0 atom stereocenters. The van der Waals surface area contributed by atoms with Crippen molar-refractivity contribution in [3.05, 3.63) is 46.8 Å². The highest BCUT2D eigenvalue weighted by Gasteiger charge is 2.15. The van der Waals surface area contributed by atoms with Gasteiger partial charge in [-0.15, -0.1) is 5.10 Å². The van der Waals surface area contributed by atoms with Crippen LogP contribution >= 0.6 is 11.8 Å². The minimum absolute atomic E-state index is 0.118. The Hall–Kier alpha value is -3.05. The first-order chi connectivity index (χ1) is 12.6. The summed E-state index contributed by atoms with van der Waals surface area (Å²) in [4.78, 5) is 16.1. The van der Waals surface area contributed by atoms with Crippen molar-refractivity contribution in [3.63, 3.8) is 0 Å². The van der Waals surface area contributed by atoms with Crippen LogP contribution in [0.1, 0.15) is 24.7 Å². The Balaban J connectivity index is 1.97. The number of nitrogens with zero attached hydrogens (tertiary/aromatic N) is 4. The highest BCUT2D eigenvalue weighted by molar-refractivity contribution is 8.04. The van der Waals surface area contributed by atoms with Crippen LogP contribution in [0.5, 0.6) is 0 Å². The van der Waals surface area contributed by atoms with Crippen molar-refractivity contribution in [2.75, 3.05) is 0 Å². The third-order valence-electron chi connectivity index (χ3n) is 3.76. The second-order valence-electron chi connectivity index (χ2n) is 5.62. The average Bonchev–Trinajstić information content (AvgIpc) is 3.20. The number of hydrogen-bond acceptors (Lipinski definition) is 5. The number of thioether (sulfide) groups is 1. The third-order valence-corrected chi connectivity index (χ3v) is 4.63. The molecule has 0 aliphatic rings. The minimum Gasteiger partial charge on any atom is -0.477 e. The largest absolute Gasteiger partial charge is 0.477 e. The van der Waals surface area contributed by atoms with E-state index in [0.29, 0.717) is 5.16 Å². The number of carbonyl (C=O) groups is 1. The maximum Gasteiger partial charge on any atom is 0.342 e. The van der Waals surface area contributed by atoms with Crippen molar-refractivity contribution in [2.45, 2.75) is 31.5 Å². The Labute approximate surface area is 154 Å². The van der Waals surface area contributed by atoms with Crippen LogP contribution < -0.4 is 0 Å². The number of nitriles is 1. The van der Waals surface area contributed by atoms with Crippen molar-refractivity contribution in [2.24, 2.45) is 0 Å². The van der Waals surface area contributed by atoms with E-state index in [0.717, 1.165) is 46.9 Å². The number of aliphatic carboxylic acids is 1. The molecule has 2 heterocycles. The number of rotatable bonds is 7. The molecule has 0 radical (unpaired) electrons. The lowest BCUT2D eigenvalue weighted by molar-refractivity contribution is -0.131. The van der Waals surface area contributed by atoms with E-state index in [9.17, 15) is 9.90 Å². The van der Waals surface area contributed by atoms with Gasteiger partial charge in [-0.3, -0.25) is 5.10 Å². The first-order valence-corrected chi connectivity index (χ1v) is 8.93. The lowest BCUT2D eigenvalue weighted by Crippen LogP contribution is -1.97. The Bertz CT molecular complexity index is 1010. The molecular weight excluding hydrogens is 350 g/mol. The highest BCUT2D eigenvalue weighted by atomic mass is 32.2. The van der Waals surface area contributed by atoms with Gasteiger partial charge in [0.15, 0.2) is 0 Å². The van der Waals surface area contributed by atoms with Gasteiger partial charge < -0.3 is 9.67 Å². The topological polar surface area (TPSA) is 108 Å². The van der Waals surface area contributed by atoms with E-state index < -0.39 is 5.97 Å². The van der Waals surface area contributed by atoms with E-state index in [1.54, 1.807) is 16.8 Å². The van der Waals surface area contributed by atoms with Crippen LogP contribution in [0, 0.1) is 11.3 Å². The number of aryl methyl sites for hydroxylation is 1. The zero-order valence-corrected chi connectivity index (χ0v) is 15.0. The molecule has 0 fully saturated rings. The second-order valence-corrected chi connectivity index (χ2v) is 6.63. The molecule has 0 spiro atoms. The summed E-state index contributed by atoms with van der Waals surface area (Å²) >= 11 is 1.00. The number of benzene rings is 1. The molecule has 0 bridgehead atoms. The van der Waals surface area contributed by atoms with Gasteiger partial charge >= 0.3 is 5.97 Å². The van der Waals surface area contributed by atoms with Gasteiger partial charge in [0.25, 0.3) is 0 Å². The molecule has 8 heteroatoms. The number of H-pyrrole nitrogens is 1. The fourth-order valence-electron chi connectivity index (χ4n) is 2.64. The summed E-state index contributed by atoms with van der Waals surface area (Å²) in [5.74, 6) is -0.306. The van der Waals surface area contributed by atoms with Crippen LogP contribution in [0.15, 0.2) is 40.5 Å². The summed E-state index contributed by atoms with van der Waals surface area (Å²) in [7, 11) is 0. The molecule has 3 aromatic rings. The molecule has 3 rings (SSSR count). The Morgan fingerprint density at radius 1 is 1.46 bits per heavy atom. The van der Waals surface area contributed by atoms with Gasteiger partial charge in [-0.05, 0) is 30.3 Å². The Kier molecular flexibility index (Phi) is 5.39. The van der Waals surface area contributed by atoms with Crippen molar-refractivity contribution in [1.82, 2.24) is 19.7 Å². The molecule has 2 aromatic heterocycles. The fourth-order valence-corrected chi connectivity index (χ4v) is 3.36. The zero-order valence-electron chi connectivity index (χ0n) is 14.1. The quantitative estimate of drug-likeness (QED) is 0.489. The molecule has 0 aliphatic heterocycles. The molecule has 0 unspecified atom stereocenters. The first kappa shape index (κ1) is 17.8. The molecule has 132 valence electrons. The number of fused-ring (bicyclic) bond motifs is 1. The minimum atomic E-state index is -1.05. The number of aromatic amines is 1. The predicted molar refractivity (Wildman–Crippen MR) is 99.4 cm³/mol. The van der Waals surface area contributed by atoms with Crippen LogP contribution in [0.25, 0.3) is 17.0 Å². The molecule has 0 saturated carbocycles. The molecule has 26 heavy (non-hydrogen) atoms. The number of aromatic nitrogens is 4. The summed E-state index contributed by atoms with van der Waals surface area (Å²) in [5, 5.41) is 26.7. The van der Waals surface area contributed by atoms with Crippen LogP contribution in [-0.2, 0) is 17.8 Å². The van der Waals surface area contributed by atoms with E-state index in [-0.39, 0.29) is 11.4 Å². The summed E-state index contributed by atoms with van der Waals surface area (Å²) in [5.41, 5.74) is 1.63. The number of carboxylic acids is 1. The molecule has 0 amide bonds. The summed E-state index contributed by atoms with van der Waals surface area (Å²) in [6.07, 6.45) is 5.08. The predicted octanol–water partition coefficient (Wildman–Crippen LogP) is 3.45. The number of para-hydroxylation sites is 1. The maximum absolute atomic E-state index is 11.7. The van der Waals surface area contributed by atoms with Crippen molar-refractivity contribution < 1.29 is 9.90 Å². The summed E-state index contributed by atoms with van der Waals surface area (Å²) in [6, 6.07) is 9.70. The third kappa shape index (κ3) is 3.78. The molecule has 7 nitrogen and oxygen atoms in total. The van der Waals surface area contributed by atoms with Gasteiger partial charge in [-0.25, -0.2) is 9.78 Å². The molecular formula is C18H17N5O2S. The SMILES string of the molecule is CCCc1nc(S/C(=C/c2cn(CC#N)c3ccccc23)C(=O)O)n[nH]1. The highest BCUT2D eigenvalue weighted by Crippen LogP contribution is 2.29. The summed E-state index contributed by atoms with van der Waals surface area (Å²) < 4.78 is 1.80. The molecule has 2 N–H and O–H groups in total. The van der Waals surface area contributed by atoms with E-state index in [1.807, 2.05) is 31.2 Å². The second kappa shape index (κ2) is 7.89. The first-order valence-electron chi connectivity index (χ1n) is 8.11. The van der Waals surface area contributed by atoms with E-state index in [1.165, 1.54) is 0 Å². The number of nitrogens with one attached hydrogen (secondary N) is 1. The van der Waals surface area contributed by atoms with Crippen LogP contribution in [0.2, 0.25) is 0 Å². The van der Waals surface area contributed by atoms with Crippen LogP contribution in [-0.4, -0.2) is 30.8 Å².